The van der Waals surface area contributed by atoms with Gasteiger partial charge in [0.05, 0.1) is 5.69 Å². The zero-order chi connectivity index (χ0) is 14.1. The monoisotopic (exact) mass is 275 g/mol. The Hall–Kier alpha value is -2.08. The van der Waals surface area contributed by atoms with Crippen molar-refractivity contribution in [2.24, 2.45) is 0 Å². The molecule has 0 spiro atoms. The second-order valence-electron chi connectivity index (χ2n) is 5.10. The van der Waals surface area contributed by atoms with Crippen molar-refractivity contribution >= 4 is 17.5 Å². The van der Waals surface area contributed by atoms with Crippen molar-refractivity contribution in [2.45, 2.75) is 13.0 Å². The van der Waals surface area contributed by atoms with Crippen molar-refractivity contribution in [1.82, 2.24) is 10.2 Å². The average molecular weight is 275 g/mol. The third-order valence-electron chi connectivity index (χ3n) is 3.62. The minimum Gasteiger partial charge on any atom is -0.482 e. The van der Waals surface area contributed by atoms with Crippen LogP contribution >= 0.6 is 0 Å². The lowest BCUT2D eigenvalue weighted by molar-refractivity contribution is -0.118. The van der Waals surface area contributed by atoms with Crippen LogP contribution in [-0.4, -0.2) is 49.0 Å². The standard InChI is InChI=1S/C14H17N3O3/c1-9-7-15-4-5-17(9)14(19)10-2-3-11-12(6-10)20-8-13(18)16-11/h2-3,6,9,15H,4-5,7-8H2,1H3,(H,16,18)/t9-/m0/s1. The van der Waals surface area contributed by atoms with Crippen molar-refractivity contribution in [3.8, 4) is 5.75 Å². The summed E-state index contributed by atoms with van der Waals surface area (Å²) in [5.74, 6) is 0.382. The number of fused-ring (bicyclic) bond motifs is 1. The van der Waals surface area contributed by atoms with Crippen LogP contribution in [0.25, 0.3) is 0 Å². The molecule has 1 saturated heterocycles. The highest BCUT2D eigenvalue weighted by atomic mass is 16.5. The minimum atomic E-state index is -0.174. The first kappa shape index (κ1) is 12.9. The Balaban J connectivity index is 1.83. The molecule has 0 aliphatic carbocycles. The van der Waals surface area contributed by atoms with Gasteiger partial charge in [-0.25, -0.2) is 0 Å². The van der Waals surface area contributed by atoms with Gasteiger partial charge in [-0.15, -0.1) is 0 Å². The van der Waals surface area contributed by atoms with Crippen molar-refractivity contribution in [3.63, 3.8) is 0 Å². The van der Waals surface area contributed by atoms with Crippen LogP contribution in [0.1, 0.15) is 17.3 Å². The molecule has 2 heterocycles. The Labute approximate surface area is 117 Å². The third kappa shape index (κ3) is 2.34. The molecule has 0 aromatic heterocycles. The molecular weight excluding hydrogens is 258 g/mol. The van der Waals surface area contributed by atoms with Gasteiger partial charge in [-0.1, -0.05) is 0 Å². The molecule has 0 radical (unpaired) electrons. The molecule has 1 aromatic carbocycles. The number of carbonyl (C=O) groups excluding carboxylic acids is 2. The van der Waals surface area contributed by atoms with Crippen molar-refractivity contribution in [3.05, 3.63) is 23.8 Å². The molecule has 1 fully saturated rings. The highest BCUT2D eigenvalue weighted by molar-refractivity contribution is 5.99. The minimum absolute atomic E-state index is 0.00213. The molecule has 106 valence electrons. The summed E-state index contributed by atoms with van der Waals surface area (Å²) < 4.78 is 5.35. The van der Waals surface area contributed by atoms with Gasteiger partial charge in [-0.2, -0.15) is 0 Å². The van der Waals surface area contributed by atoms with E-state index in [0.717, 1.165) is 13.1 Å². The van der Waals surface area contributed by atoms with E-state index in [-0.39, 0.29) is 24.5 Å². The zero-order valence-electron chi connectivity index (χ0n) is 11.3. The van der Waals surface area contributed by atoms with Crippen molar-refractivity contribution in [2.75, 3.05) is 31.6 Å². The molecule has 0 saturated carbocycles. The molecule has 6 nitrogen and oxygen atoms in total. The molecule has 0 unspecified atom stereocenters. The van der Waals surface area contributed by atoms with Crippen LogP contribution in [0.5, 0.6) is 5.75 Å². The molecule has 3 rings (SSSR count). The zero-order valence-corrected chi connectivity index (χ0v) is 11.3. The fourth-order valence-corrected chi connectivity index (χ4v) is 2.52. The van der Waals surface area contributed by atoms with Crippen LogP contribution in [0.15, 0.2) is 18.2 Å². The summed E-state index contributed by atoms with van der Waals surface area (Å²) in [6.07, 6.45) is 0. The maximum atomic E-state index is 12.5. The average Bonchev–Trinajstić information content (AvgIpc) is 2.46. The Bertz CT molecular complexity index is 559. The summed E-state index contributed by atoms with van der Waals surface area (Å²) in [7, 11) is 0. The van der Waals surface area contributed by atoms with Crippen molar-refractivity contribution in [1.29, 1.82) is 0 Å². The molecule has 2 amide bonds. The number of hydrogen-bond acceptors (Lipinski definition) is 4. The van der Waals surface area contributed by atoms with Gasteiger partial charge in [-0.05, 0) is 25.1 Å². The maximum Gasteiger partial charge on any atom is 0.262 e. The number of piperazine rings is 1. The topological polar surface area (TPSA) is 70.7 Å². The largest absolute Gasteiger partial charge is 0.482 e. The van der Waals surface area contributed by atoms with Gasteiger partial charge >= 0.3 is 0 Å². The second-order valence-corrected chi connectivity index (χ2v) is 5.10. The van der Waals surface area contributed by atoms with Crippen LogP contribution in [0.4, 0.5) is 5.69 Å². The summed E-state index contributed by atoms with van der Waals surface area (Å²) in [5.41, 5.74) is 1.21. The first-order valence-corrected chi connectivity index (χ1v) is 6.73. The normalized spacial score (nSPS) is 21.8. The van der Waals surface area contributed by atoms with Crippen LogP contribution < -0.4 is 15.4 Å². The molecule has 2 aliphatic heterocycles. The van der Waals surface area contributed by atoms with E-state index in [2.05, 4.69) is 10.6 Å². The molecule has 1 aromatic rings. The summed E-state index contributed by atoms with van der Waals surface area (Å²) >= 11 is 0. The highest BCUT2D eigenvalue weighted by Gasteiger charge is 2.25. The summed E-state index contributed by atoms with van der Waals surface area (Å²) in [5, 5.41) is 5.98. The number of nitrogens with one attached hydrogen (secondary N) is 2. The summed E-state index contributed by atoms with van der Waals surface area (Å²) in [6.45, 7) is 4.35. The van der Waals surface area contributed by atoms with Gasteiger partial charge in [0.15, 0.2) is 6.61 Å². The Morgan fingerprint density at radius 3 is 3.10 bits per heavy atom. The summed E-state index contributed by atoms with van der Waals surface area (Å²) in [4.78, 5) is 25.6. The predicted molar refractivity (Wildman–Crippen MR) is 73.9 cm³/mol. The van der Waals surface area contributed by atoms with E-state index in [0.29, 0.717) is 23.5 Å². The van der Waals surface area contributed by atoms with Crippen LogP contribution in [0, 0.1) is 0 Å². The number of nitrogens with zero attached hydrogens (tertiary/aromatic N) is 1. The van der Waals surface area contributed by atoms with Crippen LogP contribution in [-0.2, 0) is 4.79 Å². The molecule has 20 heavy (non-hydrogen) atoms. The van der Waals surface area contributed by atoms with Gasteiger partial charge < -0.3 is 20.3 Å². The number of amides is 2. The third-order valence-corrected chi connectivity index (χ3v) is 3.62. The lowest BCUT2D eigenvalue weighted by Crippen LogP contribution is -2.52. The van der Waals surface area contributed by atoms with E-state index in [1.165, 1.54) is 0 Å². The second kappa shape index (κ2) is 5.13. The molecular formula is C14H17N3O3. The van der Waals surface area contributed by atoms with Gasteiger partial charge in [0.1, 0.15) is 5.75 Å². The number of carbonyl (C=O) groups is 2. The number of ether oxygens (including phenoxy) is 1. The highest BCUT2D eigenvalue weighted by Crippen LogP contribution is 2.29. The fraction of sp³-hybridized carbons (Fsp3) is 0.429. The van der Waals surface area contributed by atoms with E-state index >= 15 is 0 Å². The Morgan fingerprint density at radius 2 is 2.30 bits per heavy atom. The number of anilines is 1. The smallest absolute Gasteiger partial charge is 0.262 e. The Morgan fingerprint density at radius 1 is 1.45 bits per heavy atom. The number of benzene rings is 1. The molecule has 2 N–H and O–H groups in total. The van der Waals surface area contributed by atoms with E-state index in [9.17, 15) is 9.59 Å². The molecule has 0 bridgehead atoms. The van der Waals surface area contributed by atoms with E-state index in [4.69, 9.17) is 4.74 Å². The number of rotatable bonds is 1. The van der Waals surface area contributed by atoms with E-state index in [1.54, 1.807) is 18.2 Å². The first-order valence-electron chi connectivity index (χ1n) is 6.73. The lowest BCUT2D eigenvalue weighted by atomic mass is 10.1. The van der Waals surface area contributed by atoms with E-state index < -0.39 is 0 Å². The van der Waals surface area contributed by atoms with Gasteiger partial charge in [-0.3, -0.25) is 9.59 Å². The van der Waals surface area contributed by atoms with Gasteiger partial charge in [0.2, 0.25) is 0 Å². The molecule has 1 atom stereocenters. The quantitative estimate of drug-likeness (QED) is 0.781. The number of hydrogen-bond donors (Lipinski definition) is 2. The predicted octanol–water partition coefficient (Wildman–Crippen LogP) is 0.451. The van der Waals surface area contributed by atoms with E-state index in [1.807, 2.05) is 11.8 Å². The Kier molecular flexibility index (Phi) is 3.31. The molecule has 6 heteroatoms. The first-order chi connectivity index (χ1) is 9.65. The fourth-order valence-electron chi connectivity index (χ4n) is 2.52. The maximum absolute atomic E-state index is 12.5. The SMILES string of the molecule is C[C@H]1CNCCN1C(=O)c1ccc2c(c1)OCC(=O)N2. The lowest BCUT2D eigenvalue weighted by Gasteiger charge is -2.34. The van der Waals surface area contributed by atoms with Gasteiger partial charge in [0.25, 0.3) is 11.8 Å². The molecule has 2 aliphatic rings. The van der Waals surface area contributed by atoms with Gasteiger partial charge in [0, 0.05) is 31.2 Å². The van der Waals surface area contributed by atoms with Crippen LogP contribution in [0.3, 0.4) is 0 Å². The van der Waals surface area contributed by atoms with Crippen LogP contribution in [0.2, 0.25) is 0 Å². The van der Waals surface area contributed by atoms with Crippen molar-refractivity contribution < 1.29 is 14.3 Å². The summed E-state index contributed by atoms with van der Waals surface area (Å²) in [6, 6.07) is 5.32.